The van der Waals surface area contributed by atoms with Gasteiger partial charge in [0.05, 0.1) is 11.4 Å². The number of benzene rings is 3. The van der Waals surface area contributed by atoms with Crippen LogP contribution in [0.2, 0.25) is 5.02 Å². The van der Waals surface area contributed by atoms with Crippen LogP contribution in [-0.4, -0.2) is 27.2 Å². The molecule has 4 amide bonds. The minimum absolute atomic E-state index is 0.143. The standard InChI is InChI=1S/C27H25ClN6O4/c1-16-22(26(37)34(33(16)2)21-9-4-3-5-10-21)31-25(36)18-7-6-8-20(15-18)30-27(38)32-23(24(29)35)17-11-13-19(28)14-12-17/h3-15,23H,1-2H3,(H2,29,35)(H,31,36)(H2,30,32,38). The lowest BCUT2D eigenvalue weighted by atomic mass is 10.1. The smallest absolute Gasteiger partial charge is 0.320 e. The first-order valence-corrected chi connectivity index (χ1v) is 11.9. The highest BCUT2D eigenvalue weighted by Crippen LogP contribution is 2.19. The number of nitrogens with zero attached hydrogens (tertiary/aromatic N) is 2. The van der Waals surface area contributed by atoms with Gasteiger partial charge >= 0.3 is 6.03 Å². The van der Waals surface area contributed by atoms with Crippen LogP contribution >= 0.6 is 11.6 Å². The van der Waals surface area contributed by atoms with Crippen LogP contribution in [0.4, 0.5) is 16.2 Å². The van der Waals surface area contributed by atoms with E-state index in [0.29, 0.717) is 27.7 Å². The number of rotatable bonds is 7. The second kappa shape index (κ2) is 11.1. The van der Waals surface area contributed by atoms with Crippen molar-refractivity contribution in [2.45, 2.75) is 13.0 Å². The molecule has 1 atom stereocenters. The van der Waals surface area contributed by atoms with E-state index in [1.54, 1.807) is 73.3 Å². The van der Waals surface area contributed by atoms with Gasteiger partial charge in [0.1, 0.15) is 11.7 Å². The Bertz CT molecular complexity index is 1560. The van der Waals surface area contributed by atoms with Crippen molar-refractivity contribution in [3.63, 3.8) is 0 Å². The third kappa shape index (κ3) is 5.60. The highest BCUT2D eigenvalue weighted by atomic mass is 35.5. The van der Waals surface area contributed by atoms with Gasteiger partial charge in [-0.25, -0.2) is 9.48 Å². The van der Waals surface area contributed by atoms with Gasteiger partial charge in [0, 0.05) is 23.3 Å². The van der Waals surface area contributed by atoms with Gasteiger partial charge in [-0.1, -0.05) is 48.0 Å². The molecule has 4 rings (SSSR count). The molecular formula is C27H25ClN6O4. The van der Waals surface area contributed by atoms with Gasteiger partial charge in [0.2, 0.25) is 5.91 Å². The van der Waals surface area contributed by atoms with Crippen LogP contribution in [0, 0.1) is 6.92 Å². The van der Waals surface area contributed by atoms with E-state index in [0.717, 1.165) is 0 Å². The van der Waals surface area contributed by atoms with E-state index in [-0.39, 0.29) is 16.8 Å². The number of nitrogens with two attached hydrogens (primary N) is 1. The molecule has 10 nitrogen and oxygen atoms in total. The summed E-state index contributed by atoms with van der Waals surface area (Å²) in [4.78, 5) is 50.7. The molecule has 38 heavy (non-hydrogen) atoms. The molecule has 0 saturated carbocycles. The summed E-state index contributed by atoms with van der Waals surface area (Å²) in [5, 5.41) is 8.26. The monoisotopic (exact) mass is 532 g/mol. The van der Waals surface area contributed by atoms with Crippen molar-refractivity contribution in [2.75, 3.05) is 10.6 Å². The van der Waals surface area contributed by atoms with Crippen LogP contribution < -0.4 is 27.2 Å². The molecule has 0 fully saturated rings. The van der Waals surface area contributed by atoms with Crippen LogP contribution in [0.3, 0.4) is 0 Å². The highest BCUT2D eigenvalue weighted by Gasteiger charge is 2.21. The number of nitrogens with one attached hydrogen (secondary N) is 3. The predicted molar refractivity (Wildman–Crippen MR) is 146 cm³/mol. The summed E-state index contributed by atoms with van der Waals surface area (Å²) < 4.78 is 3.12. The van der Waals surface area contributed by atoms with Crippen LogP contribution in [0.1, 0.15) is 27.7 Å². The summed E-state index contributed by atoms with van der Waals surface area (Å²) in [5.74, 6) is -1.29. The van der Waals surface area contributed by atoms with Crippen LogP contribution in [-0.2, 0) is 11.8 Å². The SMILES string of the molecule is Cc1c(NC(=O)c2cccc(NC(=O)NC(C(N)=O)c3ccc(Cl)cc3)c2)c(=O)n(-c2ccccc2)n1C. The molecule has 0 aliphatic rings. The molecule has 11 heteroatoms. The molecule has 0 aliphatic carbocycles. The van der Waals surface area contributed by atoms with Gasteiger partial charge in [-0.15, -0.1) is 0 Å². The molecular weight excluding hydrogens is 508 g/mol. The number of aromatic nitrogens is 2. The number of halogens is 1. The van der Waals surface area contributed by atoms with E-state index in [9.17, 15) is 19.2 Å². The summed E-state index contributed by atoms with van der Waals surface area (Å²) in [6.07, 6.45) is 0. The normalized spacial score (nSPS) is 11.4. The summed E-state index contributed by atoms with van der Waals surface area (Å²) in [5.41, 5.74) is 7.42. The van der Waals surface area contributed by atoms with E-state index in [1.807, 2.05) is 18.2 Å². The predicted octanol–water partition coefficient (Wildman–Crippen LogP) is 3.74. The maximum absolute atomic E-state index is 13.1. The Hall–Kier alpha value is -4.83. The Balaban J connectivity index is 1.49. The van der Waals surface area contributed by atoms with E-state index in [4.69, 9.17) is 17.3 Å². The summed E-state index contributed by atoms with van der Waals surface area (Å²) in [7, 11) is 1.73. The molecule has 0 saturated heterocycles. The number of carbonyl (C=O) groups excluding carboxylic acids is 3. The number of anilines is 2. The molecule has 3 aromatic carbocycles. The zero-order valence-corrected chi connectivity index (χ0v) is 21.3. The second-order valence-electron chi connectivity index (χ2n) is 8.46. The highest BCUT2D eigenvalue weighted by molar-refractivity contribution is 6.30. The van der Waals surface area contributed by atoms with Crippen molar-refractivity contribution < 1.29 is 14.4 Å². The van der Waals surface area contributed by atoms with Crippen molar-refractivity contribution in [2.24, 2.45) is 12.8 Å². The van der Waals surface area contributed by atoms with Gasteiger partial charge in [-0.2, -0.15) is 0 Å². The minimum atomic E-state index is -1.09. The molecule has 1 aromatic heterocycles. The lowest BCUT2D eigenvalue weighted by Crippen LogP contribution is -2.39. The van der Waals surface area contributed by atoms with Crippen molar-refractivity contribution in [3.8, 4) is 5.69 Å². The number of carbonyl (C=O) groups is 3. The minimum Gasteiger partial charge on any atom is -0.368 e. The van der Waals surface area contributed by atoms with Gasteiger partial charge in [-0.3, -0.25) is 19.1 Å². The maximum Gasteiger partial charge on any atom is 0.320 e. The summed E-state index contributed by atoms with van der Waals surface area (Å²) in [6, 6.07) is 19.8. The van der Waals surface area contributed by atoms with E-state index in [2.05, 4.69) is 16.0 Å². The van der Waals surface area contributed by atoms with E-state index in [1.165, 1.54) is 10.7 Å². The fraction of sp³-hybridized carbons (Fsp3) is 0.111. The zero-order chi connectivity index (χ0) is 27.4. The van der Waals surface area contributed by atoms with Gasteiger partial charge in [0.25, 0.3) is 11.5 Å². The van der Waals surface area contributed by atoms with Gasteiger partial charge in [-0.05, 0) is 55.0 Å². The number of urea groups is 1. The maximum atomic E-state index is 13.1. The Morgan fingerprint density at radius 1 is 0.921 bits per heavy atom. The summed E-state index contributed by atoms with van der Waals surface area (Å²) >= 11 is 5.89. The van der Waals surface area contributed by atoms with Crippen molar-refractivity contribution in [3.05, 3.63) is 111 Å². The Morgan fingerprint density at radius 2 is 1.61 bits per heavy atom. The Labute approximate surface area is 223 Å². The van der Waals surface area contributed by atoms with E-state index < -0.39 is 23.9 Å². The van der Waals surface area contributed by atoms with Crippen LogP contribution in [0.15, 0.2) is 83.7 Å². The number of para-hydroxylation sites is 1. The molecule has 0 aliphatic heterocycles. The molecule has 194 valence electrons. The number of hydrogen-bond donors (Lipinski definition) is 4. The average Bonchev–Trinajstić information content (AvgIpc) is 3.11. The topological polar surface area (TPSA) is 140 Å². The number of amides is 4. The fourth-order valence-corrected chi connectivity index (χ4v) is 4.03. The quantitative estimate of drug-likeness (QED) is 0.288. The lowest BCUT2D eigenvalue weighted by Gasteiger charge is -2.17. The molecule has 5 N–H and O–H groups in total. The molecule has 4 aromatic rings. The second-order valence-corrected chi connectivity index (χ2v) is 8.89. The van der Waals surface area contributed by atoms with E-state index >= 15 is 0 Å². The van der Waals surface area contributed by atoms with Gasteiger partial charge in [0.15, 0.2) is 0 Å². The number of primary amides is 1. The first-order chi connectivity index (χ1) is 18.2. The zero-order valence-electron chi connectivity index (χ0n) is 20.6. The first-order valence-electron chi connectivity index (χ1n) is 11.5. The lowest BCUT2D eigenvalue weighted by molar-refractivity contribution is -0.119. The first kappa shape index (κ1) is 26.2. The number of hydrogen-bond acceptors (Lipinski definition) is 4. The summed E-state index contributed by atoms with van der Waals surface area (Å²) in [6.45, 7) is 1.73. The van der Waals surface area contributed by atoms with Crippen molar-refractivity contribution in [1.29, 1.82) is 0 Å². The van der Waals surface area contributed by atoms with Crippen LogP contribution in [0.25, 0.3) is 5.69 Å². The molecule has 0 bridgehead atoms. The molecule has 1 heterocycles. The van der Waals surface area contributed by atoms with Gasteiger partial charge < -0.3 is 21.7 Å². The average molecular weight is 533 g/mol. The van der Waals surface area contributed by atoms with Crippen molar-refractivity contribution >= 4 is 40.8 Å². The Morgan fingerprint density at radius 3 is 2.26 bits per heavy atom. The van der Waals surface area contributed by atoms with Crippen molar-refractivity contribution in [1.82, 2.24) is 14.7 Å². The molecule has 1 unspecified atom stereocenters. The fourth-order valence-electron chi connectivity index (χ4n) is 3.91. The van der Waals surface area contributed by atoms with Crippen LogP contribution in [0.5, 0.6) is 0 Å². The third-order valence-corrected chi connectivity index (χ3v) is 6.19. The largest absolute Gasteiger partial charge is 0.368 e. The Kier molecular flexibility index (Phi) is 7.63. The third-order valence-electron chi connectivity index (χ3n) is 5.94. The molecule has 0 radical (unpaired) electrons. The molecule has 0 spiro atoms.